The highest BCUT2D eigenvalue weighted by atomic mass is 79.9. The number of pyridine rings is 1. The van der Waals surface area contributed by atoms with E-state index in [1.807, 2.05) is 34.9 Å². The van der Waals surface area contributed by atoms with Crippen LogP contribution in [0, 0.1) is 0 Å². The van der Waals surface area contributed by atoms with Crippen molar-refractivity contribution in [2.45, 2.75) is 19.5 Å². The number of rotatable bonds is 4. The van der Waals surface area contributed by atoms with Crippen molar-refractivity contribution >= 4 is 37.5 Å². The molecule has 0 aliphatic carbocycles. The van der Waals surface area contributed by atoms with Gasteiger partial charge >= 0.3 is 0 Å². The van der Waals surface area contributed by atoms with Crippen LogP contribution in [0.3, 0.4) is 0 Å². The van der Waals surface area contributed by atoms with Crippen LogP contribution in [0.5, 0.6) is 0 Å². The van der Waals surface area contributed by atoms with Gasteiger partial charge in [-0.25, -0.2) is 0 Å². The van der Waals surface area contributed by atoms with E-state index >= 15 is 0 Å². The molecule has 4 nitrogen and oxygen atoms in total. The fraction of sp³-hybridized carbons (Fsp3) is 0.200. The van der Waals surface area contributed by atoms with Crippen molar-refractivity contribution in [3.63, 3.8) is 0 Å². The van der Waals surface area contributed by atoms with Gasteiger partial charge in [-0.15, -0.1) is 10.2 Å². The summed E-state index contributed by atoms with van der Waals surface area (Å²) in [6.45, 7) is 2.87. The lowest BCUT2D eigenvalue weighted by molar-refractivity contribution is 0.541. The average molecular weight is 410 g/mol. The first-order valence-corrected chi connectivity index (χ1v) is 8.21. The van der Waals surface area contributed by atoms with Gasteiger partial charge in [-0.2, -0.15) is 0 Å². The molecule has 2 aromatic heterocycles. The molecule has 0 radical (unpaired) electrons. The van der Waals surface area contributed by atoms with Crippen LogP contribution >= 0.6 is 31.9 Å². The number of halogens is 2. The lowest BCUT2D eigenvalue weighted by Gasteiger charge is -2.12. The lowest BCUT2D eigenvalue weighted by Crippen LogP contribution is -2.20. The highest BCUT2D eigenvalue weighted by Crippen LogP contribution is 2.24. The Morgan fingerprint density at radius 1 is 1.14 bits per heavy atom. The fourth-order valence-corrected chi connectivity index (χ4v) is 2.84. The van der Waals surface area contributed by atoms with Gasteiger partial charge in [-0.3, -0.25) is 4.40 Å². The summed E-state index contributed by atoms with van der Waals surface area (Å²) in [6.07, 6.45) is 1.99. The zero-order valence-electron chi connectivity index (χ0n) is 11.4. The molecule has 0 spiro atoms. The SMILES string of the molecule is CC(NCc1ccc(Br)c(Br)c1)c1nnc2ccccn12. The van der Waals surface area contributed by atoms with E-state index in [9.17, 15) is 0 Å². The third-order valence-electron chi connectivity index (χ3n) is 3.32. The molecule has 3 rings (SSSR count). The predicted octanol–water partition coefficient (Wildman–Crippen LogP) is 4.11. The van der Waals surface area contributed by atoms with Crippen LogP contribution in [-0.2, 0) is 6.54 Å². The Morgan fingerprint density at radius 3 is 2.81 bits per heavy atom. The summed E-state index contributed by atoms with van der Waals surface area (Å²) in [7, 11) is 0. The van der Waals surface area contributed by atoms with E-state index in [0.717, 1.165) is 27.0 Å². The first kappa shape index (κ1) is 14.7. The van der Waals surface area contributed by atoms with E-state index in [2.05, 4.69) is 66.4 Å². The van der Waals surface area contributed by atoms with Crippen molar-refractivity contribution in [2.75, 3.05) is 0 Å². The first-order chi connectivity index (χ1) is 10.1. The summed E-state index contributed by atoms with van der Waals surface area (Å²) in [5.74, 6) is 0.918. The van der Waals surface area contributed by atoms with Crippen molar-refractivity contribution in [2.24, 2.45) is 0 Å². The fourth-order valence-electron chi connectivity index (χ4n) is 2.17. The largest absolute Gasteiger partial charge is 0.303 e. The third-order valence-corrected chi connectivity index (χ3v) is 5.20. The zero-order chi connectivity index (χ0) is 14.8. The number of hydrogen-bond donors (Lipinski definition) is 1. The average Bonchev–Trinajstić information content (AvgIpc) is 2.92. The molecule has 1 N–H and O–H groups in total. The molecule has 108 valence electrons. The van der Waals surface area contributed by atoms with E-state index in [0.29, 0.717) is 0 Å². The molecule has 3 aromatic rings. The van der Waals surface area contributed by atoms with E-state index in [-0.39, 0.29) is 6.04 Å². The molecule has 0 fully saturated rings. The van der Waals surface area contributed by atoms with E-state index in [1.54, 1.807) is 0 Å². The normalized spacial score (nSPS) is 12.7. The van der Waals surface area contributed by atoms with Gasteiger partial charge in [0, 0.05) is 21.7 Å². The van der Waals surface area contributed by atoms with Crippen LogP contribution in [0.15, 0.2) is 51.5 Å². The van der Waals surface area contributed by atoms with E-state index in [1.165, 1.54) is 5.56 Å². The summed E-state index contributed by atoms with van der Waals surface area (Å²) >= 11 is 7.00. The standard InChI is InChI=1S/C15H14Br2N4/c1-10(15-20-19-14-4-2-3-7-21(14)15)18-9-11-5-6-12(16)13(17)8-11/h2-8,10,18H,9H2,1H3. The number of aromatic nitrogens is 3. The molecule has 6 heteroatoms. The minimum absolute atomic E-state index is 0.116. The van der Waals surface area contributed by atoms with Crippen LogP contribution in [0.1, 0.15) is 24.4 Å². The molecule has 0 amide bonds. The maximum absolute atomic E-state index is 4.27. The second-order valence-electron chi connectivity index (χ2n) is 4.84. The molecule has 21 heavy (non-hydrogen) atoms. The Bertz CT molecular complexity index is 769. The highest BCUT2D eigenvalue weighted by Gasteiger charge is 2.12. The number of hydrogen-bond acceptors (Lipinski definition) is 3. The number of nitrogens with zero attached hydrogens (tertiary/aromatic N) is 3. The maximum Gasteiger partial charge on any atom is 0.160 e. The van der Waals surface area contributed by atoms with Crippen molar-refractivity contribution in [3.05, 3.63) is 62.9 Å². The van der Waals surface area contributed by atoms with Crippen molar-refractivity contribution in [3.8, 4) is 0 Å². The van der Waals surface area contributed by atoms with Crippen molar-refractivity contribution in [1.82, 2.24) is 19.9 Å². The maximum atomic E-state index is 4.27. The summed E-state index contributed by atoms with van der Waals surface area (Å²) < 4.78 is 4.12. The monoisotopic (exact) mass is 408 g/mol. The Labute approximate surface area is 139 Å². The smallest absolute Gasteiger partial charge is 0.160 e. The summed E-state index contributed by atoms with van der Waals surface area (Å²) in [5.41, 5.74) is 2.08. The Kier molecular flexibility index (Phi) is 4.37. The Morgan fingerprint density at radius 2 is 2.00 bits per heavy atom. The lowest BCUT2D eigenvalue weighted by atomic mass is 10.2. The summed E-state index contributed by atoms with van der Waals surface area (Å²) in [6, 6.07) is 12.3. The topological polar surface area (TPSA) is 42.2 Å². The second kappa shape index (κ2) is 6.25. The minimum atomic E-state index is 0.116. The quantitative estimate of drug-likeness (QED) is 0.705. The molecule has 1 atom stereocenters. The van der Waals surface area contributed by atoms with Gasteiger partial charge < -0.3 is 5.32 Å². The Balaban J connectivity index is 1.74. The molecular weight excluding hydrogens is 396 g/mol. The number of benzene rings is 1. The molecule has 0 aliphatic heterocycles. The molecule has 2 heterocycles. The highest BCUT2D eigenvalue weighted by molar-refractivity contribution is 9.13. The molecule has 1 unspecified atom stereocenters. The van der Waals surface area contributed by atoms with Crippen molar-refractivity contribution < 1.29 is 0 Å². The van der Waals surface area contributed by atoms with Crippen LogP contribution < -0.4 is 5.32 Å². The number of nitrogens with one attached hydrogen (secondary N) is 1. The summed E-state index contributed by atoms with van der Waals surface area (Å²) in [5, 5.41) is 11.9. The molecular formula is C15H14Br2N4. The second-order valence-corrected chi connectivity index (χ2v) is 6.55. The van der Waals surface area contributed by atoms with Crippen molar-refractivity contribution in [1.29, 1.82) is 0 Å². The van der Waals surface area contributed by atoms with Crippen LogP contribution in [-0.4, -0.2) is 14.6 Å². The van der Waals surface area contributed by atoms with Crippen LogP contribution in [0.25, 0.3) is 5.65 Å². The number of fused-ring (bicyclic) bond motifs is 1. The van der Waals surface area contributed by atoms with Gasteiger partial charge in [-0.1, -0.05) is 12.1 Å². The Hall–Kier alpha value is -1.24. The third kappa shape index (κ3) is 3.17. The molecule has 0 saturated heterocycles. The van der Waals surface area contributed by atoms with Gasteiger partial charge in [0.1, 0.15) is 0 Å². The van der Waals surface area contributed by atoms with Crippen LogP contribution in [0.2, 0.25) is 0 Å². The molecule has 0 saturated carbocycles. The summed E-state index contributed by atoms with van der Waals surface area (Å²) in [4.78, 5) is 0. The van der Waals surface area contributed by atoms with Gasteiger partial charge in [0.15, 0.2) is 11.5 Å². The van der Waals surface area contributed by atoms with Gasteiger partial charge in [0.2, 0.25) is 0 Å². The van der Waals surface area contributed by atoms with Gasteiger partial charge in [0.05, 0.1) is 6.04 Å². The molecule has 1 aromatic carbocycles. The minimum Gasteiger partial charge on any atom is -0.303 e. The van der Waals surface area contributed by atoms with Crippen LogP contribution in [0.4, 0.5) is 0 Å². The first-order valence-electron chi connectivity index (χ1n) is 6.62. The van der Waals surface area contributed by atoms with Gasteiger partial charge in [0.25, 0.3) is 0 Å². The van der Waals surface area contributed by atoms with Gasteiger partial charge in [-0.05, 0) is 68.6 Å². The predicted molar refractivity (Wildman–Crippen MR) is 90.1 cm³/mol. The van der Waals surface area contributed by atoms with E-state index in [4.69, 9.17) is 0 Å². The molecule has 0 bridgehead atoms. The molecule has 0 aliphatic rings. The van der Waals surface area contributed by atoms with E-state index < -0.39 is 0 Å². The zero-order valence-corrected chi connectivity index (χ0v) is 14.6.